The van der Waals surface area contributed by atoms with Gasteiger partial charge in [0, 0.05) is 18.3 Å². The fourth-order valence-electron chi connectivity index (χ4n) is 2.37. The number of thiophene rings is 1. The summed E-state index contributed by atoms with van der Waals surface area (Å²) in [5.74, 6) is 3.02. The van der Waals surface area contributed by atoms with Gasteiger partial charge in [0.15, 0.2) is 0 Å². The molecule has 1 atom stereocenters. The van der Waals surface area contributed by atoms with E-state index in [0.717, 1.165) is 47.1 Å². The average Bonchev–Trinajstić information content (AvgIpc) is 2.93. The third-order valence-electron chi connectivity index (χ3n) is 3.56. The van der Waals surface area contributed by atoms with Gasteiger partial charge in [-0.2, -0.15) is 11.8 Å². The number of nitrogens with zero attached hydrogens (tertiary/aromatic N) is 3. The van der Waals surface area contributed by atoms with Crippen molar-refractivity contribution in [1.29, 1.82) is 0 Å². The monoisotopic (exact) mass is 324 g/mol. The van der Waals surface area contributed by atoms with E-state index < -0.39 is 0 Å². The summed E-state index contributed by atoms with van der Waals surface area (Å²) in [6.45, 7) is 6.01. The van der Waals surface area contributed by atoms with Gasteiger partial charge in [-0.25, -0.2) is 9.97 Å². The molecule has 0 saturated carbocycles. The lowest BCUT2D eigenvalue weighted by Gasteiger charge is -2.25. The quantitative estimate of drug-likeness (QED) is 0.802. The van der Waals surface area contributed by atoms with Crippen molar-refractivity contribution in [3.8, 4) is 0 Å². The lowest BCUT2D eigenvalue weighted by Crippen LogP contribution is -2.33. The number of fused-ring (bicyclic) bond motifs is 1. The van der Waals surface area contributed by atoms with Gasteiger partial charge in [0.2, 0.25) is 0 Å². The highest BCUT2D eigenvalue weighted by atomic mass is 32.2. The van der Waals surface area contributed by atoms with Crippen LogP contribution in [0.5, 0.6) is 0 Å². The molecule has 2 aromatic rings. The van der Waals surface area contributed by atoms with Crippen molar-refractivity contribution >= 4 is 39.1 Å². The number of hydrogen-bond acceptors (Lipinski definition) is 6. The van der Waals surface area contributed by atoms with E-state index in [1.807, 2.05) is 11.8 Å². The highest BCUT2D eigenvalue weighted by Gasteiger charge is 2.15. The van der Waals surface area contributed by atoms with Crippen molar-refractivity contribution in [1.82, 2.24) is 14.9 Å². The molecule has 0 aromatic carbocycles. The molecule has 116 valence electrons. The minimum atomic E-state index is 0.574. The summed E-state index contributed by atoms with van der Waals surface area (Å²) in [4.78, 5) is 12.9. The van der Waals surface area contributed by atoms with Gasteiger partial charge in [-0.15, -0.1) is 11.3 Å². The molecule has 0 amide bonds. The molecule has 1 N–H and O–H groups in total. The second-order valence-electron chi connectivity index (χ2n) is 5.09. The molecule has 0 aliphatic rings. The van der Waals surface area contributed by atoms with Crippen molar-refractivity contribution in [2.45, 2.75) is 32.9 Å². The van der Waals surface area contributed by atoms with E-state index in [1.54, 1.807) is 11.3 Å². The Balaban J connectivity index is 2.21. The summed E-state index contributed by atoms with van der Waals surface area (Å²) in [5, 5.41) is 6.56. The van der Waals surface area contributed by atoms with Crippen LogP contribution in [0, 0.1) is 0 Å². The standard InChI is InChI=1S/C15H24N4S2/c1-5-11(10-20-4)19(3)9-13-17-14(16-6-2)12-7-8-21-15(12)18-13/h7-8,11H,5-6,9-10H2,1-4H3,(H,16,17,18). The third-order valence-corrected chi connectivity index (χ3v) is 5.08. The molecule has 0 aliphatic heterocycles. The predicted octanol–water partition coefficient (Wildman–Crippen LogP) is 3.70. The Labute approximate surface area is 135 Å². The SMILES string of the molecule is CCNc1nc(CN(C)C(CC)CSC)nc2sccc12. The molecule has 0 aliphatic carbocycles. The molecular formula is C15H24N4S2. The normalized spacial score (nSPS) is 13.0. The number of nitrogens with one attached hydrogen (secondary N) is 1. The average molecular weight is 325 g/mol. The third kappa shape index (κ3) is 4.08. The van der Waals surface area contributed by atoms with Crippen LogP contribution in [0.1, 0.15) is 26.1 Å². The number of rotatable bonds is 8. The Morgan fingerprint density at radius 3 is 2.86 bits per heavy atom. The first-order valence-electron chi connectivity index (χ1n) is 7.36. The van der Waals surface area contributed by atoms with Gasteiger partial charge >= 0.3 is 0 Å². The van der Waals surface area contributed by atoms with Crippen LogP contribution in [0.2, 0.25) is 0 Å². The first-order chi connectivity index (χ1) is 10.2. The van der Waals surface area contributed by atoms with E-state index in [1.165, 1.54) is 0 Å². The molecule has 2 heterocycles. The highest BCUT2D eigenvalue weighted by molar-refractivity contribution is 7.98. The lowest BCUT2D eigenvalue weighted by molar-refractivity contribution is 0.242. The maximum Gasteiger partial charge on any atom is 0.146 e. The minimum Gasteiger partial charge on any atom is -0.370 e. The molecule has 0 spiro atoms. The van der Waals surface area contributed by atoms with Crippen molar-refractivity contribution in [3.05, 3.63) is 17.3 Å². The van der Waals surface area contributed by atoms with Crippen LogP contribution in [0.3, 0.4) is 0 Å². The molecule has 0 saturated heterocycles. The summed E-state index contributed by atoms with van der Waals surface area (Å²) in [6.07, 6.45) is 3.31. The maximum absolute atomic E-state index is 4.72. The van der Waals surface area contributed by atoms with E-state index >= 15 is 0 Å². The van der Waals surface area contributed by atoms with E-state index in [-0.39, 0.29) is 0 Å². The predicted molar refractivity (Wildman–Crippen MR) is 95.5 cm³/mol. The molecule has 6 heteroatoms. The number of thioether (sulfide) groups is 1. The van der Waals surface area contributed by atoms with Gasteiger partial charge in [0.1, 0.15) is 16.5 Å². The zero-order valence-electron chi connectivity index (χ0n) is 13.2. The minimum absolute atomic E-state index is 0.574. The highest BCUT2D eigenvalue weighted by Crippen LogP contribution is 2.25. The second-order valence-corrected chi connectivity index (χ2v) is 6.90. The molecular weight excluding hydrogens is 300 g/mol. The van der Waals surface area contributed by atoms with E-state index in [9.17, 15) is 0 Å². The van der Waals surface area contributed by atoms with E-state index in [0.29, 0.717) is 6.04 Å². The fraction of sp³-hybridized carbons (Fsp3) is 0.600. The summed E-state index contributed by atoms with van der Waals surface area (Å²) in [7, 11) is 2.17. The Hall–Kier alpha value is -0.850. The zero-order valence-corrected chi connectivity index (χ0v) is 14.9. The van der Waals surface area contributed by atoms with Crippen LogP contribution < -0.4 is 5.32 Å². The first kappa shape index (κ1) is 16.5. The van der Waals surface area contributed by atoms with Crippen molar-refractivity contribution < 1.29 is 0 Å². The Morgan fingerprint density at radius 2 is 2.19 bits per heavy atom. The molecule has 0 fully saturated rings. The van der Waals surface area contributed by atoms with Gasteiger partial charge < -0.3 is 5.32 Å². The zero-order chi connectivity index (χ0) is 15.2. The molecule has 0 radical (unpaired) electrons. The van der Waals surface area contributed by atoms with Crippen LogP contribution in [0.25, 0.3) is 10.2 Å². The summed E-state index contributed by atoms with van der Waals surface area (Å²) < 4.78 is 0. The van der Waals surface area contributed by atoms with Crippen molar-refractivity contribution in [2.75, 3.05) is 30.9 Å². The largest absolute Gasteiger partial charge is 0.370 e. The summed E-state index contributed by atoms with van der Waals surface area (Å²) in [6, 6.07) is 2.67. The smallest absolute Gasteiger partial charge is 0.146 e. The number of anilines is 1. The molecule has 21 heavy (non-hydrogen) atoms. The van der Waals surface area contributed by atoms with E-state index in [4.69, 9.17) is 9.97 Å². The van der Waals surface area contributed by atoms with Crippen LogP contribution in [0.15, 0.2) is 11.4 Å². The van der Waals surface area contributed by atoms with Crippen molar-refractivity contribution in [2.24, 2.45) is 0 Å². The lowest BCUT2D eigenvalue weighted by atomic mass is 10.2. The van der Waals surface area contributed by atoms with Crippen LogP contribution in [-0.2, 0) is 6.54 Å². The molecule has 4 nitrogen and oxygen atoms in total. The van der Waals surface area contributed by atoms with Gasteiger partial charge in [-0.05, 0) is 38.1 Å². The topological polar surface area (TPSA) is 41.1 Å². The van der Waals surface area contributed by atoms with Gasteiger partial charge in [-0.1, -0.05) is 6.92 Å². The maximum atomic E-state index is 4.72. The fourth-order valence-corrected chi connectivity index (χ4v) is 4.03. The summed E-state index contributed by atoms with van der Waals surface area (Å²) in [5.41, 5.74) is 0. The first-order valence-corrected chi connectivity index (χ1v) is 9.64. The van der Waals surface area contributed by atoms with Gasteiger partial charge in [0.25, 0.3) is 0 Å². The van der Waals surface area contributed by atoms with E-state index in [2.05, 4.69) is 48.8 Å². The molecule has 0 bridgehead atoms. The Morgan fingerprint density at radius 1 is 1.38 bits per heavy atom. The summed E-state index contributed by atoms with van der Waals surface area (Å²) >= 11 is 3.57. The Kier molecular flexibility index (Phi) is 6.26. The molecule has 1 unspecified atom stereocenters. The van der Waals surface area contributed by atoms with Gasteiger partial charge in [-0.3, -0.25) is 4.90 Å². The van der Waals surface area contributed by atoms with Crippen LogP contribution in [-0.4, -0.2) is 46.5 Å². The van der Waals surface area contributed by atoms with Crippen molar-refractivity contribution in [3.63, 3.8) is 0 Å². The molecule has 2 rings (SSSR count). The number of aromatic nitrogens is 2. The Bertz CT molecular complexity index is 570. The second kappa shape index (κ2) is 7.96. The van der Waals surface area contributed by atoms with Gasteiger partial charge in [0.05, 0.1) is 11.9 Å². The van der Waals surface area contributed by atoms with Crippen LogP contribution >= 0.6 is 23.1 Å². The number of hydrogen-bond donors (Lipinski definition) is 1. The van der Waals surface area contributed by atoms with Crippen LogP contribution in [0.4, 0.5) is 5.82 Å². The molecule has 2 aromatic heterocycles.